The molecule has 1 nitrogen and oxygen atoms in total. The van der Waals surface area contributed by atoms with Gasteiger partial charge in [0, 0.05) is 11.7 Å². The molecule has 1 heterocycles. The average molecular weight is 179 g/mol. The van der Waals surface area contributed by atoms with Crippen molar-refractivity contribution in [1.82, 2.24) is 0 Å². The number of hydrogen-bond donors (Lipinski definition) is 1. The van der Waals surface area contributed by atoms with Gasteiger partial charge >= 0.3 is 0 Å². The maximum absolute atomic E-state index is 12.9. The zero-order valence-electron chi connectivity index (χ0n) is 7.97. The molecule has 1 aromatic carbocycles. The van der Waals surface area contributed by atoms with Crippen LogP contribution in [-0.2, 0) is 0 Å². The Balaban J connectivity index is 2.43. The molecule has 0 radical (unpaired) electrons. The molecule has 0 fully saturated rings. The zero-order chi connectivity index (χ0) is 9.42. The molecule has 0 amide bonds. The van der Waals surface area contributed by atoms with Gasteiger partial charge in [-0.15, -0.1) is 0 Å². The van der Waals surface area contributed by atoms with Crippen molar-refractivity contribution in [3.05, 3.63) is 29.6 Å². The third-order valence-electron chi connectivity index (χ3n) is 2.65. The minimum Gasteiger partial charge on any atom is -0.382 e. The van der Waals surface area contributed by atoms with E-state index in [1.54, 1.807) is 6.07 Å². The first-order valence-corrected chi connectivity index (χ1v) is 4.73. The lowest BCUT2D eigenvalue weighted by Crippen LogP contribution is -2.24. The molecule has 2 unspecified atom stereocenters. The molecule has 70 valence electrons. The molecular formula is C11H14FN. The van der Waals surface area contributed by atoms with Gasteiger partial charge in [0.25, 0.3) is 0 Å². The van der Waals surface area contributed by atoms with Gasteiger partial charge in [-0.05, 0) is 43.0 Å². The van der Waals surface area contributed by atoms with Crippen molar-refractivity contribution in [3.63, 3.8) is 0 Å². The van der Waals surface area contributed by atoms with E-state index >= 15 is 0 Å². The number of halogens is 1. The van der Waals surface area contributed by atoms with Gasteiger partial charge in [0.15, 0.2) is 0 Å². The third kappa shape index (κ3) is 1.53. The van der Waals surface area contributed by atoms with Crippen LogP contribution in [0.15, 0.2) is 18.2 Å². The van der Waals surface area contributed by atoms with Crippen LogP contribution in [0.3, 0.4) is 0 Å². The Morgan fingerprint density at radius 1 is 1.38 bits per heavy atom. The summed E-state index contributed by atoms with van der Waals surface area (Å²) in [5, 5.41) is 3.35. The normalized spacial score (nSPS) is 26.4. The molecule has 0 bridgehead atoms. The standard InChI is InChI=1S/C11H14FN/c1-7-5-8(2)13-11-4-3-9(12)6-10(7)11/h3-4,6-8,13H,5H2,1-2H3. The van der Waals surface area contributed by atoms with Gasteiger partial charge in [0.05, 0.1) is 0 Å². The van der Waals surface area contributed by atoms with Crippen molar-refractivity contribution in [2.24, 2.45) is 0 Å². The maximum atomic E-state index is 12.9. The summed E-state index contributed by atoms with van der Waals surface area (Å²) < 4.78 is 12.9. The highest BCUT2D eigenvalue weighted by Crippen LogP contribution is 2.33. The van der Waals surface area contributed by atoms with Crippen molar-refractivity contribution >= 4 is 5.69 Å². The van der Waals surface area contributed by atoms with Crippen molar-refractivity contribution in [3.8, 4) is 0 Å². The number of anilines is 1. The Hall–Kier alpha value is -1.05. The minimum absolute atomic E-state index is 0.137. The van der Waals surface area contributed by atoms with E-state index in [0.717, 1.165) is 17.7 Å². The van der Waals surface area contributed by atoms with Crippen molar-refractivity contribution < 1.29 is 4.39 Å². The average Bonchev–Trinajstić information content (AvgIpc) is 2.06. The van der Waals surface area contributed by atoms with Gasteiger partial charge in [0.1, 0.15) is 5.82 Å². The summed E-state index contributed by atoms with van der Waals surface area (Å²) in [6.07, 6.45) is 1.08. The topological polar surface area (TPSA) is 12.0 Å². The fraction of sp³-hybridized carbons (Fsp3) is 0.455. The molecule has 0 aliphatic carbocycles. The van der Waals surface area contributed by atoms with Crippen molar-refractivity contribution in [2.45, 2.75) is 32.2 Å². The predicted octanol–water partition coefficient (Wildman–Crippen LogP) is 3.13. The van der Waals surface area contributed by atoms with Crippen LogP contribution in [0.4, 0.5) is 10.1 Å². The summed E-state index contributed by atoms with van der Waals surface area (Å²) in [5.41, 5.74) is 2.20. The Labute approximate surface area is 78.0 Å². The van der Waals surface area contributed by atoms with Crippen LogP contribution in [0.5, 0.6) is 0 Å². The molecule has 1 aromatic rings. The van der Waals surface area contributed by atoms with Crippen LogP contribution in [0.2, 0.25) is 0 Å². The van der Waals surface area contributed by atoms with Gasteiger partial charge in [-0.25, -0.2) is 4.39 Å². The van der Waals surface area contributed by atoms with Crippen LogP contribution < -0.4 is 5.32 Å². The second-order valence-electron chi connectivity index (χ2n) is 3.91. The zero-order valence-corrected chi connectivity index (χ0v) is 7.97. The first-order chi connectivity index (χ1) is 6.16. The van der Waals surface area contributed by atoms with Crippen LogP contribution >= 0.6 is 0 Å². The van der Waals surface area contributed by atoms with Crippen molar-refractivity contribution in [1.29, 1.82) is 0 Å². The van der Waals surface area contributed by atoms with Gasteiger partial charge in [-0.2, -0.15) is 0 Å². The van der Waals surface area contributed by atoms with Gasteiger partial charge in [-0.3, -0.25) is 0 Å². The quantitative estimate of drug-likeness (QED) is 0.645. The van der Waals surface area contributed by atoms with Gasteiger partial charge < -0.3 is 5.32 Å². The maximum Gasteiger partial charge on any atom is 0.123 e. The van der Waals surface area contributed by atoms with Gasteiger partial charge in [0.2, 0.25) is 0 Å². The van der Waals surface area contributed by atoms with E-state index in [0.29, 0.717) is 12.0 Å². The lowest BCUT2D eigenvalue weighted by Gasteiger charge is -2.29. The van der Waals surface area contributed by atoms with E-state index in [1.807, 2.05) is 6.07 Å². The third-order valence-corrected chi connectivity index (χ3v) is 2.65. The molecule has 1 N–H and O–H groups in total. The Kier molecular flexibility index (Phi) is 1.98. The smallest absolute Gasteiger partial charge is 0.123 e. The summed E-state index contributed by atoms with van der Waals surface area (Å²) >= 11 is 0. The highest BCUT2D eigenvalue weighted by molar-refractivity contribution is 5.55. The van der Waals surface area contributed by atoms with Crippen molar-refractivity contribution in [2.75, 3.05) is 5.32 Å². The van der Waals surface area contributed by atoms with Crippen LogP contribution in [0, 0.1) is 5.82 Å². The molecule has 1 aliphatic rings. The van der Waals surface area contributed by atoms with E-state index in [2.05, 4.69) is 19.2 Å². The highest BCUT2D eigenvalue weighted by Gasteiger charge is 2.20. The number of fused-ring (bicyclic) bond motifs is 1. The molecule has 0 saturated heterocycles. The Morgan fingerprint density at radius 3 is 2.92 bits per heavy atom. The molecule has 13 heavy (non-hydrogen) atoms. The van der Waals surface area contributed by atoms with E-state index < -0.39 is 0 Å². The molecular weight excluding hydrogens is 165 g/mol. The number of nitrogens with one attached hydrogen (secondary N) is 1. The monoisotopic (exact) mass is 179 g/mol. The first-order valence-electron chi connectivity index (χ1n) is 4.73. The summed E-state index contributed by atoms with van der Waals surface area (Å²) in [6, 6.07) is 5.47. The van der Waals surface area contributed by atoms with E-state index in [1.165, 1.54) is 6.07 Å². The SMILES string of the molecule is CC1CC(C)c2cc(F)ccc2N1. The minimum atomic E-state index is -0.137. The summed E-state index contributed by atoms with van der Waals surface area (Å²) in [5.74, 6) is 0.323. The number of rotatable bonds is 0. The van der Waals surface area contributed by atoms with E-state index in [4.69, 9.17) is 0 Å². The van der Waals surface area contributed by atoms with E-state index in [-0.39, 0.29) is 5.82 Å². The molecule has 0 aromatic heterocycles. The highest BCUT2D eigenvalue weighted by atomic mass is 19.1. The molecule has 2 rings (SSSR count). The molecule has 0 spiro atoms. The Bertz CT molecular complexity index is 322. The molecule has 2 heteroatoms. The summed E-state index contributed by atoms with van der Waals surface area (Å²) in [7, 11) is 0. The van der Waals surface area contributed by atoms with Crippen LogP contribution in [-0.4, -0.2) is 6.04 Å². The van der Waals surface area contributed by atoms with E-state index in [9.17, 15) is 4.39 Å². The van der Waals surface area contributed by atoms with Gasteiger partial charge in [-0.1, -0.05) is 6.92 Å². The lowest BCUT2D eigenvalue weighted by atomic mass is 9.89. The largest absolute Gasteiger partial charge is 0.382 e. The molecule has 0 saturated carbocycles. The second-order valence-corrected chi connectivity index (χ2v) is 3.91. The van der Waals surface area contributed by atoms with Crippen LogP contribution in [0.25, 0.3) is 0 Å². The molecule has 1 aliphatic heterocycles. The summed E-state index contributed by atoms with van der Waals surface area (Å²) in [6.45, 7) is 4.30. The second kappa shape index (κ2) is 3.02. The fourth-order valence-electron chi connectivity index (χ4n) is 2.05. The first kappa shape index (κ1) is 8.54. The summed E-state index contributed by atoms with van der Waals surface area (Å²) in [4.78, 5) is 0. The van der Waals surface area contributed by atoms with Crippen LogP contribution in [0.1, 0.15) is 31.7 Å². The lowest BCUT2D eigenvalue weighted by molar-refractivity contribution is 0.576. The number of hydrogen-bond acceptors (Lipinski definition) is 1. The fourth-order valence-corrected chi connectivity index (χ4v) is 2.05. The predicted molar refractivity (Wildman–Crippen MR) is 52.5 cm³/mol. The molecule has 2 atom stereocenters. The Morgan fingerprint density at radius 2 is 2.15 bits per heavy atom. The number of benzene rings is 1.